The summed E-state index contributed by atoms with van der Waals surface area (Å²) in [4.78, 5) is 33.6. The summed E-state index contributed by atoms with van der Waals surface area (Å²) in [5.74, 6) is -1.40. The molecule has 20 heavy (non-hydrogen) atoms. The number of hydrogen-bond donors (Lipinski definition) is 2. The molecule has 1 aromatic rings. The number of amides is 1. The molecule has 0 spiro atoms. The van der Waals surface area contributed by atoms with Crippen LogP contribution in [-0.2, 0) is 20.7 Å². The molecule has 0 saturated carbocycles. The second-order valence-corrected chi connectivity index (χ2v) is 4.58. The SMILES string of the molecule is O=C(O)COCC(=O)c1ccc2c(c1)CCCC(=O)N2. The van der Waals surface area contributed by atoms with Crippen molar-refractivity contribution in [2.24, 2.45) is 0 Å². The first-order valence-electron chi connectivity index (χ1n) is 6.32. The van der Waals surface area contributed by atoms with Crippen molar-refractivity contribution < 1.29 is 24.2 Å². The van der Waals surface area contributed by atoms with E-state index in [4.69, 9.17) is 9.84 Å². The summed E-state index contributed by atoms with van der Waals surface area (Å²) in [5.41, 5.74) is 2.11. The molecule has 0 radical (unpaired) electrons. The lowest BCUT2D eigenvalue weighted by atomic mass is 10.0. The van der Waals surface area contributed by atoms with Crippen molar-refractivity contribution in [1.29, 1.82) is 0 Å². The number of rotatable bonds is 5. The molecule has 1 aliphatic heterocycles. The average Bonchev–Trinajstić information content (AvgIpc) is 2.57. The van der Waals surface area contributed by atoms with Crippen LogP contribution in [0.5, 0.6) is 0 Å². The van der Waals surface area contributed by atoms with Crippen LogP contribution in [0.1, 0.15) is 28.8 Å². The Kier molecular flexibility index (Phi) is 4.47. The van der Waals surface area contributed by atoms with Gasteiger partial charge in [0.15, 0.2) is 5.78 Å². The molecule has 0 aromatic heterocycles. The van der Waals surface area contributed by atoms with E-state index in [1.807, 2.05) is 0 Å². The van der Waals surface area contributed by atoms with Crippen LogP contribution in [0.2, 0.25) is 0 Å². The molecule has 0 atom stereocenters. The lowest BCUT2D eigenvalue weighted by Gasteiger charge is -2.08. The summed E-state index contributed by atoms with van der Waals surface area (Å²) in [5, 5.41) is 11.2. The largest absolute Gasteiger partial charge is 0.480 e. The molecule has 0 fully saturated rings. The number of carbonyl (C=O) groups is 3. The van der Waals surface area contributed by atoms with Crippen molar-refractivity contribution in [3.63, 3.8) is 0 Å². The molecule has 6 nitrogen and oxygen atoms in total. The zero-order valence-corrected chi connectivity index (χ0v) is 10.8. The number of carboxylic acid groups (broad SMARTS) is 1. The van der Waals surface area contributed by atoms with Gasteiger partial charge in [0.1, 0.15) is 13.2 Å². The molecule has 0 unspecified atom stereocenters. The first-order chi connectivity index (χ1) is 9.56. The number of carboxylic acids is 1. The lowest BCUT2D eigenvalue weighted by Crippen LogP contribution is -2.15. The van der Waals surface area contributed by atoms with Crippen molar-refractivity contribution >= 4 is 23.3 Å². The maximum absolute atomic E-state index is 11.9. The zero-order chi connectivity index (χ0) is 14.5. The van der Waals surface area contributed by atoms with E-state index in [0.717, 1.165) is 24.1 Å². The van der Waals surface area contributed by atoms with Crippen LogP contribution < -0.4 is 5.32 Å². The minimum atomic E-state index is -1.11. The highest BCUT2D eigenvalue weighted by Gasteiger charge is 2.15. The number of ether oxygens (including phenoxy) is 1. The van der Waals surface area contributed by atoms with Gasteiger partial charge in [0.2, 0.25) is 5.91 Å². The summed E-state index contributed by atoms with van der Waals surface area (Å²) in [6, 6.07) is 5.03. The Balaban J connectivity index is 2.06. The fourth-order valence-electron chi connectivity index (χ4n) is 2.06. The molecule has 2 rings (SSSR count). The number of aryl methyl sites for hydroxylation is 1. The van der Waals surface area contributed by atoms with E-state index in [1.165, 1.54) is 0 Å². The van der Waals surface area contributed by atoms with Crippen LogP contribution in [0, 0.1) is 0 Å². The van der Waals surface area contributed by atoms with Crippen LogP contribution in [0.4, 0.5) is 5.69 Å². The fraction of sp³-hybridized carbons (Fsp3) is 0.357. The minimum Gasteiger partial charge on any atom is -0.480 e. The molecule has 1 aromatic carbocycles. The topological polar surface area (TPSA) is 92.7 Å². The van der Waals surface area contributed by atoms with Gasteiger partial charge in [-0.15, -0.1) is 0 Å². The minimum absolute atomic E-state index is 0.0207. The first kappa shape index (κ1) is 14.2. The Morgan fingerprint density at radius 2 is 2.05 bits per heavy atom. The third-order valence-electron chi connectivity index (χ3n) is 3.01. The Morgan fingerprint density at radius 1 is 1.25 bits per heavy atom. The molecule has 0 saturated heterocycles. The van der Waals surface area contributed by atoms with Crippen LogP contribution >= 0.6 is 0 Å². The summed E-state index contributed by atoms with van der Waals surface area (Å²) in [7, 11) is 0. The van der Waals surface area contributed by atoms with Gasteiger partial charge < -0.3 is 15.2 Å². The summed E-state index contributed by atoms with van der Waals surface area (Å²) in [6.45, 7) is -0.760. The second kappa shape index (κ2) is 6.29. The number of fused-ring (bicyclic) bond motifs is 1. The highest BCUT2D eigenvalue weighted by atomic mass is 16.5. The van der Waals surface area contributed by atoms with Crippen LogP contribution in [0.25, 0.3) is 0 Å². The van der Waals surface area contributed by atoms with Gasteiger partial charge in [-0.25, -0.2) is 4.79 Å². The second-order valence-electron chi connectivity index (χ2n) is 4.58. The maximum Gasteiger partial charge on any atom is 0.329 e. The Labute approximate surface area is 115 Å². The van der Waals surface area contributed by atoms with Crippen molar-refractivity contribution in [3.8, 4) is 0 Å². The monoisotopic (exact) mass is 277 g/mol. The molecule has 2 N–H and O–H groups in total. The van der Waals surface area contributed by atoms with E-state index < -0.39 is 12.6 Å². The fourth-order valence-corrected chi connectivity index (χ4v) is 2.06. The number of benzene rings is 1. The van der Waals surface area contributed by atoms with Gasteiger partial charge in [0.25, 0.3) is 0 Å². The number of aliphatic carboxylic acids is 1. The van der Waals surface area contributed by atoms with E-state index in [1.54, 1.807) is 18.2 Å². The number of Topliss-reactive ketones (excluding diaryl/α,β-unsaturated/α-hetero) is 1. The predicted molar refractivity (Wildman–Crippen MR) is 70.8 cm³/mol. The molecule has 1 amide bonds. The van der Waals surface area contributed by atoms with E-state index in [0.29, 0.717) is 12.0 Å². The predicted octanol–water partition coefficient (Wildman–Crippen LogP) is 1.25. The van der Waals surface area contributed by atoms with E-state index in [9.17, 15) is 14.4 Å². The molecule has 1 aliphatic rings. The Bertz CT molecular complexity index is 552. The van der Waals surface area contributed by atoms with Crippen molar-refractivity contribution in [1.82, 2.24) is 0 Å². The van der Waals surface area contributed by atoms with Gasteiger partial charge in [-0.1, -0.05) is 0 Å². The number of hydrogen-bond acceptors (Lipinski definition) is 4. The van der Waals surface area contributed by atoms with Crippen molar-refractivity contribution in [3.05, 3.63) is 29.3 Å². The normalized spacial score (nSPS) is 14.1. The summed E-state index contributed by atoms with van der Waals surface area (Å²) < 4.78 is 4.78. The van der Waals surface area contributed by atoms with Crippen molar-refractivity contribution in [2.45, 2.75) is 19.3 Å². The smallest absolute Gasteiger partial charge is 0.329 e. The third kappa shape index (κ3) is 3.64. The Morgan fingerprint density at radius 3 is 2.80 bits per heavy atom. The average molecular weight is 277 g/mol. The van der Waals surface area contributed by atoms with Gasteiger partial charge in [0, 0.05) is 17.7 Å². The number of carbonyl (C=O) groups excluding carboxylic acids is 2. The zero-order valence-electron chi connectivity index (χ0n) is 10.8. The highest BCUT2D eigenvalue weighted by Crippen LogP contribution is 2.23. The quantitative estimate of drug-likeness (QED) is 0.790. The van der Waals surface area contributed by atoms with Gasteiger partial charge in [-0.2, -0.15) is 0 Å². The number of nitrogens with one attached hydrogen (secondary N) is 1. The van der Waals surface area contributed by atoms with E-state index in [2.05, 4.69) is 5.32 Å². The molecule has 106 valence electrons. The van der Waals surface area contributed by atoms with E-state index >= 15 is 0 Å². The molecular weight excluding hydrogens is 262 g/mol. The van der Waals surface area contributed by atoms with Gasteiger partial charge in [-0.05, 0) is 36.6 Å². The van der Waals surface area contributed by atoms with Crippen LogP contribution in [0.3, 0.4) is 0 Å². The van der Waals surface area contributed by atoms with Gasteiger partial charge in [0.05, 0.1) is 0 Å². The van der Waals surface area contributed by atoms with Crippen LogP contribution in [-0.4, -0.2) is 36.0 Å². The highest BCUT2D eigenvalue weighted by molar-refractivity contribution is 5.99. The first-order valence-corrected chi connectivity index (χ1v) is 6.32. The molecular formula is C14H15NO5. The number of anilines is 1. The maximum atomic E-state index is 11.9. The van der Waals surface area contributed by atoms with Crippen LogP contribution in [0.15, 0.2) is 18.2 Å². The molecule has 0 bridgehead atoms. The molecule has 0 aliphatic carbocycles. The Hall–Kier alpha value is -2.21. The standard InChI is InChI=1S/C14H15NO5/c16-12(7-20-8-14(18)19)10-4-5-11-9(6-10)2-1-3-13(17)15-11/h4-6H,1-3,7-8H2,(H,15,17)(H,18,19). The number of ketones is 1. The van der Waals surface area contributed by atoms with Crippen molar-refractivity contribution in [2.75, 3.05) is 18.5 Å². The molecule has 6 heteroatoms. The van der Waals surface area contributed by atoms with Gasteiger partial charge >= 0.3 is 5.97 Å². The summed E-state index contributed by atoms with van der Waals surface area (Å²) in [6.07, 6.45) is 1.94. The van der Waals surface area contributed by atoms with E-state index in [-0.39, 0.29) is 18.3 Å². The summed E-state index contributed by atoms with van der Waals surface area (Å²) >= 11 is 0. The lowest BCUT2D eigenvalue weighted by molar-refractivity contribution is -0.141. The molecule has 1 heterocycles. The van der Waals surface area contributed by atoms with Gasteiger partial charge in [-0.3, -0.25) is 9.59 Å². The third-order valence-corrected chi connectivity index (χ3v) is 3.01.